The number of nitrogens with zero attached hydrogens (tertiary/aromatic N) is 2. The average molecular weight is 211 g/mol. The first-order chi connectivity index (χ1) is 6.84. The van der Waals surface area contributed by atoms with Crippen LogP contribution in [0.2, 0.25) is 0 Å². The molecule has 1 aliphatic rings. The zero-order valence-electron chi connectivity index (χ0n) is 8.57. The van der Waals surface area contributed by atoms with Gasteiger partial charge in [0.05, 0.1) is 6.20 Å². The summed E-state index contributed by atoms with van der Waals surface area (Å²) in [6.45, 7) is 0.957. The number of rotatable bonds is 3. The fraction of sp³-hybridized carbons (Fsp3) is 0.700. The zero-order valence-corrected chi connectivity index (χ0v) is 9.39. The van der Waals surface area contributed by atoms with E-state index in [9.17, 15) is 0 Å². The highest BCUT2D eigenvalue weighted by molar-refractivity contribution is 7.99. The molecule has 14 heavy (non-hydrogen) atoms. The van der Waals surface area contributed by atoms with Crippen molar-refractivity contribution >= 4 is 11.8 Å². The van der Waals surface area contributed by atoms with Crippen LogP contribution in [0.5, 0.6) is 0 Å². The smallest absolute Gasteiger partial charge is 0.0534 e. The van der Waals surface area contributed by atoms with Crippen molar-refractivity contribution in [2.24, 2.45) is 7.05 Å². The van der Waals surface area contributed by atoms with E-state index < -0.39 is 0 Å². The summed E-state index contributed by atoms with van der Waals surface area (Å²) in [5, 5.41) is 7.73. The summed E-state index contributed by atoms with van der Waals surface area (Å²) in [4.78, 5) is 0. The number of hydrogen-bond acceptors (Lipinski definition) is 3. The van der Waals surface area contributed by atoms with Crippen molar-refractivity contribution in [2.45, 2.75) is 25.4 Å². The van der Waals surface area contributed by atoms with Gasteiger partial charge in [0.25, 0.3) is 0 Å². The number of aryl methyl sites for hydroxylation is 1. The van der Waals surface area contributed by atoms with E-state index in [1.165, 1.54) is 29.9 Å². The van der Waals surface area contributed by atoms with Crippen molar-refractivity contribution in [3.63, 3.8) is 0 Å². The molecule has 0 aliphatic carbocycles. The average Bonchev–Trinajstić information content (AvgIpc) is 2.63. The highest BCUT2D eigenvalue weighted by Crippen LogP contribution is 2.17. The maximum atomic E-state index is 4.15. The molecule has 0 radical (unpaired) electrons. The molecule has 1 N–H and O–H groups in total. The number of nitrogens with one attached hydrogen (secondary N) is 1. The second kappa shape index (κ2) is 4.84. The van der Waals surface area contributed by atoms with E-state index in [1.807, 2.05) is 17.9 Å². The van der Waals surface area contributed by atoms with Gasteiger partial charge in [-0.2, -0.15) is 16.9 Å². The molecule has 0 bridgehead atoms. The van der Waals surface area contributed by atoms with Gasteiger partial charge in [0.15, 0.2) is 0 Å². The van der Waals surface area contributed by atoms with E-state index in [-0.39, 0.29) is 0 Å². The van der Waals surface area contributed by atoms with Gasteiger partial charge in [0.2, 0.25) is 0 Å². The lowest BCUT2D eigenvalue weighted by Crippen LogP contribution is -2.33. The van der Waals surface area contributed by atoms with Crippen molar-refractivity contribution in [1.29, 1.82) is 0 Å². The Kier molecular flexibility index (Phi) is 3.48. The van der Waals surface area contributed by atoms with Gasteiger partial charge in [-0.1, -0.05) is 0 Å². The minimum Gasteiger partial charge on any atom is -0.309 e. The molecule has 0 spiro atoms. The minimum absolute atomic E-state index is 0.703. The quantitative estimate of drug-likeness (QED) is 0.820. The highest BCUT2D eigenvalue weighted by Gasteiger charge is 2.12. The van der Waals surface area contributed by atoms with Crippen molar-refractivity contribution in [1.82, 2.24) is 15.1 Å². The lowest BCUT2D eigenvalue weighted by molar-refractivity contribution is 0.507. The van der Waals surface area contributed by atoms with Gasteiger partial charge in [0.1, 0.15) is 0 Å². The molecule has 1 saturated heterocycles. The van der Waals surface area contributed by atoms with Gasteiger partial charge in [-0.05, 0) is 18.6 Å². The summed E-state index contributed by atoms with van der Waals surface area (Å²) in [7, 11) is 1.96. The topological polar surface area (TPSA) is 29.9 Å². The summed E-state index contributed by atoms with van der Waals surface area (Å²) < 4.78 is 1.85. The Morgan fingerprint density at radius 1 is 1.71 bits per heavy atom. The maximum absolute atomic E-state index is 4.15. The Bertz CT molecular complexity index is 279. The molecule has 0 unspecified atom stereocenters. The van der Waals surface area contributed by atoms with Crippen molar-refractivity contribution in [3.8, 4) is 0 Å². The van der Waals surface area contributed by atoms with Crippen LogP contribution in [-0.2, 0) is 13.6 Å². The second-order valence-corrected chi connectivity index (χ2v) is 4.97. The Labute approximate surface area is 89.3 Å². The molecular weight excluding hydrogens is 194 g/mol. The maximum Gasteiger partial charge on any atom is 0.0534 e. The molecule has 1 aliphatic heterocycles. The van der Waals surface area contributed by atoms with Gasteiger partial charge < -0.3 is 5.32 Å². The van der Waals surface area contributed by atoms with E-state index in [0.29, 0.717) is 6.04 Å². The summed E-state index contributed by atoms with van der Waals surface area (Å²) in [5.41, 5.74) is 1.28. The van der Waals surface area contributed by atoms with E-state index >= 15 is 0 Å². The molecule has 78 valence electrons. The molecule has 0 aromatic carbocycles. The first-order valence-electron chi connectivity index (χ1n) is 5.13. The monoisotopic (exact) mass is 211 g/mol. The van der Waals surface area contributed by atoms with Crippen molar-refractivity contribution in [3.05, 3.63) is 18.0 Å². The summed E-state index contributed by atoms with van der Waals surface area (Å²) >= 11 is 2.06. The SMILES string of the molecule is Cn1cc(CN[C@@H]2CCCSC2)cn1. The van der Waals surface area contributed by atoms with Crippen LogP contribution >= 0.6 is 11.8 Å². The van der Waals surface area contributed by atoms with Crippen LogP contribution in [0.4, 0.5) is 0 Å². The predicted octanol–water partition coefficient (Wildman–Crippen LogP) is 1.41. The van der Waals surface area contributed by atoms with Crippen LogP contribution < -0.4 is 5.32 Å². The van der Waals surface area contributed by atoms with Crippen LogP contribution in [0.25, 0.3) is 0 Å². The standard InChI is InChI=1S/C10H17N3S/c1-13-7-9(6-12-13)5-11-10-3-2-4-14-8-10/h6-7,10-11H,2-5,8H2,1H3/t10-/m1/s1. The lowest BCUT2D eigenvalue weighted by atomic mass is 10.2. The molecule has 1 aromatic heterocycles. The Balaban J connectivity index is 1.76. The molecule has 2 heterocycles. The molecule has 1 atom stereocenters. The second-order valence-electron chi connectivity index (χ2n) is 3.82. The summed E-state index contributed by atoms with van der Waals surface area (Å²) in [5.74, 6) is 2.60. The van der Waals surface area contributed by atoms with Gasteiger partial charge in [-0.25, -0.2) is 0 Å². The van der Waals surface area contributed by atoms with Gasteiger partial charge in [0, 0.05) is 37.1 Å². The van der Waals surface area contributed by atoms with Crippen LogP contribution in [0.15, 0.2) is 12.4 Å². The molecule has 2 rings (SSSR count). The predicted molar refractivity (Wildman–Crippen MR) is 60.4 cm³/mol. The summed E-state index contributed by atoms with van der Waals surface area (Å²) in [6, 6.07) is 0.703. The number of thioether (sulfide) groups is 1. The summed E-state index contributed by atoms with van der Waals surface area (Å²) in [6.07, 6.45) is 6.69. The minimum atomic E-state index is 0.703. The fourth-order valence-corrected chi connectivity index (χ4v) is 2.83. The Morgan fingerprint density at radius 3 is 3.29 bits per heavy atom. The van der Waals surface area contributed by atoms with Crippen LogP contribution in [0.1, 0.15) is 18.4 Å². The van der Waals surface area contributed by atoms with Crippen molar-refractivity contribution < 1.29 is 0 Å². The molecule has 1 aromatic rings. The Hall–Kier alpha value is -0.480. The lowest BCUT2D eigenvalue weighted by Gasteiger charge is -2.22. The molecule has 4 heteroatoms. The fourth-order valence-electron chi connectivity index (χ4n) is 1.73. The van der Waals surface area contributed by atoms with Gasteiger partial charge in [-0.3, -0.25) is 4.68 Å². The Morgan fingerprint density at radius 2 is 2.64 bits per heavy atom. The van der Waals surface area contributed by atoms with E-state index in [4.69, 9.17) is 0 Å². The van der Waals surface area contributed by atoms with E-state index in [1.54, 1.807) is 0 Å². The third-order valence-corrected chi connectivity index (χ3v) is 3.73. The normalized spacial score (nSPS) is 22.5. The molecule has 0 saturated carbocycles. The van der Waals surface area contributed by atoms with Crippen LogP contribution in [0, 0.1) is 0 Å². The number of hydrogen-bond donors (Lipinski definition) is 1. The first-order valence-corrected chi connectivity index (χ1v) is 6.29. The van der Waals surface area contributed by atoms with E-state index in [2.05, 4.69) is 28.4 Å². The van der Waals surface area contributed by atoms with Gasteiger partial charge in [-0.15, -0.1) is 0 Å². The third-order valence-electron chi connectivity index (χ3n) is 2.51. The third kappa shape index (κ3) is 2.75. The molecule has 0 amide bonds. The van der Waals surface area contributed by atoms with Crippen molar-refractivity contribution in [2.75, 3.05) is 11.5 Å². The number of aromatic nitrogens is 2. The molecule has 3 nitrogen and oxygen atoms in total. The highest BCUT2D eigenvalue weighted by atomic mass is 32.2. The van der Waals surface area contributed by atoms with E-state index in [0.717, 1.165) is 6.54 Å². The van der Waals surface area contributed by atoms with Crippen LogP contribution in [0.3, 0.4) is 0 Å². The largest absolute Gasteiger partial charge is 0.309 e. The first kappa shape index (κ1) is 10.1. The van der Waals surface area contributed by atoms with Crippen LogP contribution in [-0.4, -0.2) is 27.3 Å². The zero-order chi connectivity index (χ0) is 9.80. The van der Waals surface area contributed by atoms with Gasteiger partial charge >= 0.3 is 0 Å². The molecular formula is C10H17N3S. The molecule has 1 fully saturated rings.